The van der Waals surface area contributed by atoms with Crippen LogP contribution in [0.2, 0.25) is 0 Å². The van der Waals surface area contributed by atoms with Gasteiger partial charge < -0.3 is 9.47 Å². The first-order valence-electron chi connectivity index (χ1n) is 4.35. The van der Waals surface area contributed by atoms with Crippen LogP contribution in [0.15, 0.2) is 36.4 Å². The van der Waals surface area contributed by atoms with Gasteiger partial charge in [0.15, 0.2) is 11.5 Å². The number of methoxy groups -OCH3 is 1. The van der Waals surface area contributed by atoms with Crippen molar-refractivity contribution in [3.8, 4) is 11.5 Å². The van der Waals surface area contributed by atoms with Crippen molar-refractivity contribution >= 4 is 15.9 Å². The van der Waals surface area contributed by atoms with Crippen LogP contribution in [-0.2, 0) is 0 Å². The Kier molecular flexibility index (Phi) is 5.15. The minimum absolute atomic E-state index is 0.561. The molecule has 0 aliphatic carbocycles. The smallest absolute Gasteiger partial charge is 0.161 e. The van der Waals surface area contributed by atoms with E-state index in [9.17, 15) is 0 Å². The van der Waals surface area contributed by atoms with Gasteiger partial charge in [-0.1, -0.05) is 40.2 Å². The van der Waals surface area contributed by atoms with Crippen LogP contribution >= 0.6 is 15.9 Å². The summed E-state index contributed by atoms with van der Waals surface area (Å²) in [4.78, 5) is 0. The first-order valence-corrected chi connectivity index (χ1v) is 5.47. The molecule has 0 bridgehead atoms. The van der Waals surface area contributed by atoms with Crippen LogP contribution < -0.4 is 9.47 Å². The fourth-order valence-electron chi connectivity index (χ4n) is 1.01. The third-order valence-electron chi connectivity index (χ3n) is 1.66. The molecule has 0 radical (unpaired) electrons. The van der Waals surface area contributed by atoms with Crippen LogP contribution in [0.4, 0.5) is 0 Å². The lowest BCUT2D eigenvalue weighted by Crippen LogP contribution is -1.95. The van der Waals surface area contributed by atoms with E-state index in [1.165, 1.54) is 0 Å². The van der Waals surface area contributed by atoms with E-state index in [0.29, 0.717) is 6.61 Å². The second-order valence-corrected chi connectivity index (χ2v) is 3.24. The topological polar surface area (TPSA) is 18.5 Å². The van der Waals surface area contributed by atoms with Gasteiger partial charge in [0.25, 0.3) is 0 Å². The molecule has 1 rings (SSSR count). The summed E-state index contributed by atoms with van der Waals surface area (Å²) in [5.41, 5.74) is 0. The first-order chi connectivity index (χ1) is 6.88. The van der Waals surface area contributed by atoms with Crippen LogP contribution in [0.25, 0.3) is 0 Å². The zero-order chi connectivity index (χ0) is 10.2. The molecule has 0 saturated carbocycles. The lowest BCUT2D eigenvalue weighted by atomic mass is 10.3. The highest BCUT2D eigenvalue weighted by molar-refractivity contribution is 9.09. The summed E-state index contributed by atoms with van der Waals surface area (Å²) in [6, 6.07) is 7.61. The number of alkyl halides is 1. The molecule has 0 aromatic heterocycles. The van der Waals surface area contributed by atoms with Crippen molar-refractivity contribution < 1.29 is 9.47 Å². The molecule has 0 aliphatic rings. The fourth-order valence-corrected chi connectivity index (χ4v) is 1.27. The largest absolute Gasteiger partial charge is 0.493 e. The zero-order valence-corrected chi connectivity index (χ0v) is 9.66. The van der Waals surface area contributed by atoms with Crippen molar-refractivity contribution in [1.29, 1.82) is 0 Å². The van der Waals surface area contributed by atoms with Gasteiger partial charge in [0.1, 0.15) is 6.61 Å². The number of allylic oxidation sites excluding steroid dienone is 1. The van der Waals surface area contributed by atoms with Crippen LogP contribution in [0.3, 0.4) is 0 Å². The van der Waals surface area contributed by atoms with Gasteiger partial charge in [0, 0.05) is 5.33 Å². The van der Waals surface area contributed by atoms with Crippen LogP contribution in [0.1, 0.15) is 0 Å². The molecule has 0 N–H and O–H groups in total. The second-order valence-electron chi connectivity index (χ2n) is 2.59. The Labute approximate surface area is 92.7 Å². The molecule has 14 heavy (non-hydrogen) atoms. The second kappa shape index (κ2) is 6.49. The quantitative estimate of drug-likeness (QED) is 0.596. The molecule has 76 valence electrons. The summed E-state index contributed by atoms with van der Waals surface area (Å²) in [6.07, 6.45) is 3.95. The molecule has 0 unspecified atom stereocenters. The Balaban J connectivity index is 2.53. The summed E-state index contributed by atoms with van der Waals surface area (Å²) in [5.74, 6) is 1.54. The standard InChI is InChI=1S/C11H13BrO2/c1-13-10-6-2-3-7-11(10)14-9-5-4-8-12/h2-7H,8-9H2,1H3. The molecule has 0 heterocycles. The van der Waals surface area contributed by atoms with Gasteiger partial charge in [-0.15, -0.1) is 0 Å². The van der Waals surface area contributed by atoms with Crippen molar-refractivity contribution in [3.63, 3.8) is 0 Å². The van der Waals surface area contributed by atoms with E-state index in [1.807, 2.05) is 36.4 Å². The summed E-state index contributed by atoms with van der Waals surface area (Å²) < 4.78 is 10.6. The highest BCUT2D eigenvalue weighted by Gasteiger charge is 1.99. The molecule has 0 saturated heterocycles. The van der Waals surface area contributed by atoms with E-state index < -0.39 is 0 Å². The molecule has 2 nitrogen and oxygen atoms in total. The van der Waals surface area contributed by atoms with E-state index in [4.69, 9.17) is 9.47 Å². The molecular weight excluding hydrogens is 244 g/mol. The highest BCUT2D eigenvalue weighted by atomic mass is 79.9. The number of halogens is 1. The normalized spacial score (nSPS) is 10.4. The third kappa shape index (κ3) is 3.42. The van der Waals surface area contributed by atoms with Gasteiger partial charge in [-0.3, -0.25) is 0 Å². The SMILES string of the molecule is COc1ccccc1OCC=CCBr. The van der Waals surface area contributed by atoms with Crippen LogP contribution in [0, 0.1) is 0 Å². The number of para-hydroxylation sites is 2. The van der Waals surface area contributed by atoms with E-state index in [-0.39, 0.29) is 0 Å². The average molecular weight is 257 g/mol. The summed E-state index contributed by atoms with van der Waals surface area (Å²) >= 11 is 3.30. The van der Waals surface area contributed by atoms with Gasteiger partial charge in [-0.05, 0) is 12.1 Å². The van der Waals surface area contributed by atoms with E-state index in [2.05, 4.69) is 15.9 Å². The van der Waals surface area contributed by atoms with E-state index >= 15 is 0 Å². The minimum Gasteiger partial charge on any atom is -0.493 e. The van der Waals surface area contributed by atoms with Crippen molar-refractivity contribution in [3.05, 3.63) is 36.4 Å². The van der Waals surface area contributed by atoms with Crippen LogP contribution in [0.5, 0.6) is 11.5 Å². The lowest BCUT2D eigenvalue weighted by Gasteiger charge is -2.07. The van der Waals surface area contributed by atoms with Gasteiger partial charge in [-0.25, -0.2) is 0 Å². The van der Waals surface area contributed by atoms with Crippen molar-refractivity contribution in [2.75, 3.05) is 19.0 Å². The number of benzene rings is 1. The number of hydrogen-bond acceptors (Lipinski definition) is 2. The molecule has 3 heteroatoms. The molecule has 0 atom stereocenters. The Morgan fingerprint density at radius 1 is 1.21 bits per heavy atom. The molecular formula is C11H13BrO2. The first kappa shape index (κ1) is 11.1. The van der Waals surface area contributed by atoms with Crippen molar-refractivity contribution in [1.82, 2.24) is 0 Å². The van der Waals surface area contributed by atoms with Gasteiger partial charge in [-0.2, -0.15) is 0 Å². The predicted molar refractivity (Wildman–Crippen MR) is 61.4 cm³/mol. The van der Waals surface area contributed by atoms with Crippen LogP contribution in [-0.4, -0.2) is 19.0 Å². The Morgan fingerprint density at radius 3 is 2.57 bits per heavy atom. The Morgan fingerprint density at radius 2 is 1.93 bits per heavy atom. The monoisotopic (exact) mass is 256 g/mol. The Bertz CT molecular complexity index is 297. The van der Waals surface area contributed by atoms with Crippen molar-refractivity contribution in [2.45, 2.75) is 0 Å². The summed E-state index contributed by atoms with van der Waals surface area (Å²) in [6.45, 7) is 0.561. The van der Waals surface area contributed by atoms with Gasteiger partial charge >= 0.3 is 0 Å². The fraction of sp³-hybridized carbons (Fsp3) is 0.273. The molecule has 1 aromatic carbocycles. The summed E-state index contributed by atoms with van der Waals surface area (Å²) in [5, 5.41) is 0.849. The molecule has 0 spiro atoms. The maximum atomic E-state index is 5.50. The van der Waals surface area contributed by atoms with E-state index in [1.54, 1.807) is 7.11 Å². The number of hydrogen-bond donors (Lipinski definition) is 0. The highest BCUT2D eigenvalue weighted by Crippen LogP contribution is 2.25. The summed E-state index contributed by atoms with van der Waals surface area (Å²) in [7, 11) is 1.64. The van der Waals surface area contributed by atoms with Crippen molar-refractivity contribution in [2.24, 2.45) is 0 Å². The maximum absolute atomic E-state index is 5.50. The number of ether oxygens (including phenoxy) is 2. The average Bonchev–Trinajstić information content (AvgIpc) is 2.25. The number of rotatable bonds is 5. The van der Waals surface area contributed by atoms with Gasteiger partial charge in [0.05, 0.1) is 7.11 Å². The maximum Gasteiger partial charge on any atom is 0.161 e. The molecule has 0 fully saturated rings. The molecule has 0 amide bonds. The Hall–Kier alpha value is -0.960. The zero-order valence-electron chi connectivity index (χ0n) is 8.07. The molecule has 1 aromatic rings. The van der Waals surface area contributed by atoms with E-state index in [0.717, 1.165) is 16.8 Å². The minimum atomic E-state index is 0.561. The lowest BCUT2D eigenvalue weighted by molar-refractivity contribution is 0.326. The molecule has 0 aliphatic heterocycles. The van der Waals surface area contributed by atoms with Gasteiger partial charge in [0.2, 0.25) is 0 Å². The third-order valence-corrected chi connectivity index (χ3v) is 2.03. The predicted octanol–water partition coefficient (Wildman–Crippen LogP) is 3.03.